The van der Waals surface area contributed by atoms with E-state index in [1.807, 2.05) is 0 Å². The molecule has 0 aromatic carbocycles. The zero-order valence-corrected chi connectivity index (χ0v) is 9.24. The van der Waals surface area contributed by atoms with Crippen LogP contribution in [0.15, 0.2) is 5.16 Å². The molecule has 15 heavy (non-hydrogen) atoms. The average molecular weight is 215 g/mol. The summed E-state index contributed by atoms with van der Waals surface area (Å²) in [6, 6.07) is 0.319. The second-order valence-corrected chi connectivity index (χ2v) is 4.56. The van der Waals surface area contributed by atoms with Gasteiger partial charge in [0.05, 0.1) is 0 Å². The molecule has 1 atom stereocenters. The zero-order valence-electron chi connectivity index (χ0n) is 9.24. The molecule has 5 nitrogen and oxygen atoms in total. The van der Waals surface area contributed by atoms with Gasteiger partial charge in [0.2, 0.25) is 0 Å². The first kappa shape index (κ1) is 12.3. The molecule has 1 rings (SSSR count). The predicted octanol–water partition coefficient (Wildman–Crippen LogP) is 0.264. The van der Waals surface area contributed by atoms with Crippen LogP contribution >= 0.6 is 0 Å². The molecular weight excluding hydrogens is 194 g/mol. The smallest absolute Gasteiger partial charge is 0.139 e. The molecule has 88 valence electrons. The van der Waals surface area contributed by atoms with Crippen LogP contribution in [0.25, 0.3) is 0 Å². The van der Waals surface area contributed by atoms with Gasteiger partial charge in [0, 0.05) is 25.6 Å². The van der Waals surface area contributed by atoms with Gasteiger partial charge in [-0.15, -0.1) is 0 Å². The topological polar surface area (TPSA) is 90.9 Å². The summed E-state index contributed by atoms with van der Waals surface area (Å²) in [6.07, 6.45) is 3.67. The number of hydrogen-bond donors (Lipinski definition) is 4. The number of aliphatic hydroxyl groups excluding tert-OH is 1. The minimum absolute atomic E-state index is 0.194. The maximum atomic E-state index is 8.75. The van der Waals surface area contributed by atoms with Gasteiger partial charge in [0.25, 0.3) is 0 Å². The lowest BCUT2D eigenvalue weighted by Crippen LogP contribution is -2.34. The normalized spacial score (nSPS) is 21.3. The van der Waals surface area contributed by atoms with E-state index in [-0.39, 0.29) is 12.0 Å². The number of nitrogens with two attached hydrogens (primary N) is 1. The molecule has 0 amide bonds. The molecule has 0 radical (unpaired) electrons. The molecule has 1 fully saturated rings. The summed E-state index contributed by atoms with van der Waals surface area (Å²) in [6.45, 7) is 3.14. The van der Waals surface area contributed by atoms with Gasteiger partial charge in [-0.05, 0) is 31.6 Å². The second kappa shape index (κ2) is 5.32. The van der Waals surface area contributed by atoms with E-state index in [1.165, 1.54) is 0 Å². The molecule has 5 heteroatoms. The highest BCUT2D eigenvalue weighted by Crippen LogP contribution is 2.48. The Kier molecular flexibility index (Phi) is 4.35. The van der Waals surface area contributed by atoms with Crippen LogP contribution < -0.4 is 11.1 Å². The summed E-state index contributed by atoms with van der Waals surface area (Å²) in [7, 11) is 0. The number of oxime groups is 1. The first-order valence-electron chi connectivity index (χ1n) is 5.42. The van der Waals surface area contributed by atoms with Gasteiger partial charge in [0.15, 0.2) is 0 Å². The van der Waals surface area contributed by atoms with E-state index in [1.54, 1.807) is 0 Å². The number of aliphatic hydroxyl groups is 1. The van der Waals surface area contributed by atoms with E-state index < -0.39 is 0 Å². The molecule has 0 aromatic rings. The van der Waals surface area contributed by atoms with E-state index in [0.29, 0.717) is 18.3 Å². The summed E-state index contributed by atoms with van der Waals surface area (Å²) in [5, 5.41) is 23.6. The Bertz CT molecular complexity index is 227. The summed E-state index contributed by atoms with van der Waals surface area (Å²) in [5.41, 5.74) is 5.69. The zero-order chi connectivity index (χ0) is 11.3. The summed E-state index contributed by atoms with van der Waals surface area (Å²) < 4.78 is 0. The van der Waals surface area contributed by atoms with E-state index >= 15 is 0 Å². The molecule has 1 aliphatic rings. The fourth-order valence-corrected chi connectivity index (χ4v) is 1.70. The van der Waals surface area contributed by atoms with Crippen LogP contribution in [0.4, 0.5) is 0 Å². The molecule has 5 N–H and O–H groups in total. The molecule has 1 aliphatic carbocycles. The Balaban J connectivity index is 2.25. The van der Waals surface area contributed by atoms with Crippen LogP contribution in [0.5, 0.6) is 0 Å². The van der Waals surface area contributed by atoms with Crippen LogP contribution in [0.1, 0.15) is 32.6 Å². The highest BCUT2D eigenvalue weighted by atomic mass is 16.4. The summed E-state index contributed by atoms with van der Waals surface area (Å²) in [4.78, 5) is 0. The molecule has 0 bridgehead atoms. The Morgan fingerprint density at radius 1 is 1.60 bits per heavy atom. The Morgan fingerprint density at radius 2 is 2.27 bits per heavy atom. The highest BCUT2D eigenvalue weighted by molar-refractivity contribution is 5.80. The van der Waals surface area contributed by atoms with Crippen LogP contribution in [0.2, 0.25) is 0 Å². The van der Waals surface area contributed by atoms with Gasteiger partial charge < -0.3 is 21.4 Å². The van der Waals surface area contributed by atoms with Crippen molar-refractivity contribution < 1.29 is 10.3 Å². The lowest BCUT2D eigenvalue weighted by atomic mass is 10.0. The number of rotatable bonds is 7. The predicted molar refractivity (Wildman–Crippen MR) is 58.9 cm³/mol. The van der Waals surface area contributed by atoms with Crippen molar-refractivity contribution in [2.75, 3.05) is 13.2 Å². The number of nitrogens with one attached hydrogen (secondary N) is 1. The fraction of sp³-hybridized carbons (Fsp3) is 0.900. The SMILES string of the molecule is CC(CCO)NCC1(CC(N)=NO)CC1. The largest absolute Gasteiger partial charge is 0.409 e. The van der Waals surface area contributed by atoms with Gasteiger partial charge in [-0.3, -0.25) is 0 Å². The summed E-state index contributed by atoms with van der Waals surface area (Å²) in [5.74, 6) is 0.309. The molecule has 1 unspecified atom stereocenters. The highest BCUT2D eigenvalue weighted by Gasteiger charge is 2.43. The molecule has 0 aliphatic heterocycles. The maximum absolute atomic E-state index is 8.75. The van der Waals surface area contributed by atoms with Gasteiger partial charge in [0.1, 0.15) is 5.84 Å². The third-order valence-electron chi connectivity index (χ3n) is 3.03. The first-order valence-corrected chi connectivity index (χ1v) is 5.42. The Morgan fingerprint density at radius 3 is 2.73 bits per heavy atom. The third kappa shape index (κ3) is 4.05. The second-order valence-electron chi connectivity index (χ2n) is 4.56. The third-order valence-corrected chi connectivity index (χ3v) is 3.03. The quantitative estimate of drug-likeness (QED) is 0.212. The van der Waals surface area contributed by atoms with Crippen molar-refractivity contribution in [3.05, 3.63) is 0 Å². The first-order chi connectivity index (χ1) is 7.12. The summed E-state index contributed by atoms with van der Waals surface area (Å²) >= 11 is 0. The van der Waals surface area contributed by atoms with Crippen LogP contribution in [0.3, 0.4) is 0 Å². The Hall–Kier alpha value is -0.810. The van der Waals surface area contributed by atoms with E-state index in [4.69, 9.17) is 16.0 Å². The minimum atomic E-state index is 0.194. The van der Waals surface area contributed by atoms with Crippen LogP contribution in [-0.4, -0.2) is 35.3 Å². The lowest BCUT2D eigenvalue weighted by molar-refractivity contribution is 0.264. The fourth-order valence-electron chi connectivity index (χ4n) is 1.70. The van der Waals surface area contributed by atoms with E-state index in [0.717, 1.165) is 25.8 Å². The lowest BCUT2D eigenvalue weighted by Gasteiger charge is -2.19. The average Bonchev–Trinajstić information content (AvgIpc) is 2.96. The van der Waals surface area contributed by atoms with Crippen molar-refractivity contribution in [1.29, 1.82) is 0 Å². The van der Waals surface area contributed by atoms with Crippen molar-refractivity contribution in [2.45, 2.75) is 38.6 Å². The van der Waals surface area contributed by atoms with Crippen LogP contribution in [0, 0.1) is 5.41 Å². The number of nitrogens with zero attached hydrogens (tertiary/aromatic N) is 1. The van der Waals surface area contributed by atoms with Crippen molar-refractivity contribution in [3.8, 4) is 0 Å². The molecule has 0 heterocycles. The molecule has 1 saturated carbocycles. The monoisotopic (exact) mass is 215 g/mol. The number of hydrogen-bond acceptors (Lipinski definition) is 4. The maximum Gasteiger partial charge on any atom is 0.139 e. The van der Waals surface area contributed by atoms with Gasteiger partial charge >= 0.3 is 0 Å². The van der Waals surface area contributed by atoms with Gasteiger partial charge in [-0.25, -0.2) is 0 Å². The minimum Gasteiger partial charge on any atom is -0.409 e. The van der Waals surface area contributed by atoms with Crippen molar-refractivity contribution in [3.63, 3.8) is 0 Å². The molecule has 0 aromatic heterocycles. The van der Waals surface area contributed by atoms with Gasteiger partial charge in [-0.2, -0.15) is 0 Å². The Labute approximate surface area is 90.3 Å². The number of amidine groups is 1. The molecule has 0 saturated heterocycles. The van der Waals surface area contributed by atoms with Crippen molar-refractivity contribution in [2.24, 2.45) is 16.3 Å². The standard InChI is InChI=1S/C10H21N3O2/c1-8(2-5-14)12-7-10(3-4-10)6-9(11)13-15/h8,12,14-15H,2-7H2,1H3,(H2,11,13). The van der Waals surface area contributed by atoms with Gasteiger partial charge in [-0.1, -0.05) is 5.16 Å². The van der Waals surface area contributed by atoms with E-state index in [9.17, 15) is 0 Å². The molecule has 0 spiro atoms. The van der Waals surface area contributed by atoms with Crippen molar-refractivity contribution >= 4 is 5.84 Å². The molecular formula is C10H21N3O2. The van der Waals surface area contributed by atoms with Crippen molar-refractivity contribution in [1.82, 2.24) is 5.32 Å². The van der Waals surface area contributed by atoms with Crippen LogP contribution in [-0.2, 0) is 0 Å². The van der Waals surface area contributed by atoms with E-state index in [2.05, 4.69) is 17.4 Å².